The van der Waals surface area contributed by atoms with Gasteiger partial charge in [-0.1, -0.05) is 0 Å². The van der Waals surface area contributed by atoms with Crippen molar-refractivity contribution in [3.8, 4) is 16.9 Å². The lowest BCUT2D eigenvalue weighted by atomic mass is 10.1. The Hall–Kier alpha value is -3.88. The van der Waals surface area contributed by atoms with Gasteiger partial charge in [-0.25, -0.2) is 4.52 Å². The Morgan fingerprint density at radius 2 is 2.03 bits per heavy atom. The second-order valence-corrected chi connectivity index (χ2v) is 7.00. The maximum Gasteiger partial charge on any atom is 0.246 e. The fraction of sp³-hybridized carbons (Fsp3) is 0.200. The van der Waals surface area contributed by atoms with Crippen molar-refractivity contribution in [1.29, 1.82) is 0 Å². The smallest absolute Gasteiger partial charge is 0.246 e. The van der Waals surface area contributed by atoms with Crippen LogP contribution in [0.3, 0.4) is 0 Å². The van der Waals surface area contributed by atoms with Crippen LogP contribution in [0.25, 0.3) is 16.8 Å². The van der Waals surface area contributed by atoms with Gasteiger partial charge >= 0.3 is 0 Å². The summed E-state index contributed by atoms with van der Waals surface area (Å²) >= 11 is 0. The van der Waals surface area contributed by atoms with Crippen LogP contribution in [0.1, 0.15) is 12.8 Å². The van der Waals surface area contributed by atoms with Crippen LogP contribution in [0.2, 0.25) is 0 Å². The molecule has 0 bridgehead atoms. The zero-order chi connectivity index (χ0) is 19.8. The summed E-state index contributed by atoms with van der Waals surface area (Å²) in [6.45, 7) is 0.112. The summed E-state index contributed by atoms with van der Waals surface area (Å²) in [5, 5.41) is 11.2. The highest BCUT2D eigenvalue weighted by Gasteiger charge is 2.23. The van der Waals surface area contributed by atoms with Crippen molar-refractivity contribution in [2.45, 2.75) is 25.5 Å². The number of nitrogen functional groups attached to an aromatic ring is 1. The molecule has 0 radical (unpaired) electrons. The van der Waals surface area contributed by atoms with E-state index in [1.165, 1.54) is 0 Å². The van der Waals surface area contributed by atoms with Crippen molar-refractivity contribution in [2.75, 3.05) is 11.1 Å². The lowest BCUT2D eigenvalue weighted by molar-refractivity contribution is -0.116. The maximum atomic E-state index is 12.3. The molecule has 5 rings (SSSR count). The van der Waals surface area contributed by atoms with Crippen LogP contribution in [0, 0.1) is 0 Å². The van der Waals surface area contributed by atoms with Gasteiger partial charge in [0.05, 0.1) is 12.3 Å². The van der Waals surface area contributed by atoms with E-state index in [0.29, 0.717) is 11.8 Å². The number of benzene rings is 1. The Bertz CT molecular complexity index is 1180. The van der Waals surface area contributed by atoms with Crippen LogP contribution in [-0.2, 0) is 11.3 Å². The first kappa shape index (κ1) is 17.2. The van der Waals surface area contributed by atoms with Crippen molar-refractivity contribution in [3.63, 3.8) is 0 Å². The number of carbonyl (C=O) groups excluding carboxylic acids is 1. The van der Waals surface area contributed by atoms with Gasteiger partial charge in [0.2, 0.25) is 11.9 Å². The van der Waals surface area contributed by atoms with E-state index in [-0.39, 0.29) is 18.4 Å². The van der Waals surface area contributed by atoms with Gasteiger partial charge in [-0.05, 0) is 54.8 Å². The van der Waals surface area contributed by atoms with Gasteiger partial charge in [0.1, 0.15) is 12.3 Å². The van der Waals surface area contributed by atoms with Gasteiger partial charge in [0, 0.05) is 23.6 Å². The van der Waals surface area contributed by atoms with Crippen LogP contribution in [0.5, 0.6) is 5.75 Å². The third-order valence-corrected chi connectivity index (χ3v) is 4.59. The van der Waals surface area contributed by atoms with Crippen LogP contribution in [-0.4, -0.2) is 36.4 Å². The highest BCUT2D eigenvalue weighted by Crippen LogP contribution is 2.27. The first-order chi connectivity index (χ1) is 14.1. The lowest BCUT2D eigenvalue weighted by Gasteiger charge is -2.07. The van der Waals surface area contributed by atoms with Crippen molar-refractivity contribution < 1.29 is 9.53 Å². The molecule has 0 spiro atoms. The SMILES string of the molecule is Nc1nc2cc(-c3cnn(CC(=O)Nc4ccc(OC5CC5)cc4)c3)ccn2n1. The molecule has 0 unspecified atom stereocenters. The van der Waals surface area contributed by atoms with Crippen LogP contribution in [0.15, 0.2) is 55.0 Å². The maximum absolute atomic E-state index is 12.3. The van der Waals surface area contributed by atoms with E-state index in [4.69, 9.17) is 10.5 Å². The number of nitrogens with two attached hydrogens (primary N) is 1. The summed E-state index contributed by atoms with van der Waals surface area (Å²) < 4.78 is 8.91. The Balaban J connectivity index is 1.23. The number of amides is 1. The molecule has 3 heterocycles. The molecule has 1 saturated carbocycles. The van der Waals surface area contributed by atoms with Crippen molar-refractivity contribution >= 4 is 23.2 Å². The Morgan fingerprint density at radius 1 is 1.21 bits per heavy atom. The van der Waals surface area contributed by atoms with E-state index in [1.54, 1.807) is 21.6 Å². The number of nitrogens with zero attached hydrogens (tertiary/aromatic N) is 5. The fourth-order valence-electron chi connectivity index (χ4n) is 3.02. The van der Waals surface area contributed by atoms with Crippen LogP contribution >= 0.6 is 0 Å². The van der Waals surface area contributed by atoms with E-state index in [9.17, 15) is 4.79 Å². The highest BCUT2D eigenvalue weighted by molar-refractivity contribution is 5.90. The predicted octanol–water partition coefficient (Wildman–Crippen LogP) is 2.35. The average molecular weight is 389 g/mol. The summed E-state index contributed by atoms with van der Waals surface area (Å²) in [4.78, 5) is 16.5. The summed E-state index contributed by atoms with van der Waals surface area (Å²) in [6.07, 6.45) is 7.90. The zero-order valence-corrected chi connectivity index (χ0v) is 15.5. The van der Waals surface area contributed by atoms with E-state index in [1.807, 2.05) is 42.6 Å². The van der Waals surface area contributed by atoms with Gasteiger partial charge in [-0.15, -0.1) is 5.10 Å². The number of pyridine rings is 1. The molecule has 0 saturated heterocycles. The van der Waals surface area contributed by atoms with E-state index in [2.05, 4.69) is 20.5 Å². The first-order valence-electron chi connectivity index (χ1n) is 9.34. The number of hydrogen-bond donors (Lipinski definition) is 2. The molecule has 1 fully saturated rings. The average Bonchev–Trinajstić information content (AvgIpc) is 3.25. The Kier molecular flexibility index (Phi) is 4.12. The molecule has 1 amide bonds. The summed E-state index contributed by atoms with van der Waals surface area (Å²) in [6, 6.07) is 11.2. The molecule has 146 valence electrons. The standard InChI is InChI=1S/C20H19N7O2/c21-20-24-18-9-13(7-8-27(18)25-20)14-10-22-26(11-14)12-19(28)23-15-1-3-16(4-2-15)29-17-5-6-17/h1-4,7-11,17H,5-6,12H2,(H2,21,25)(H,23,28). The number of fused-ring (bicyclic) bond motifs is 1. The number of rotatable bonds is 6. The largest absolute Gasteiger partial charge is 0.490 e. The number of carbonyl (C=O) groups is 1. The molecule has 3 aromatic heterocycles. The first-order valence-corrected chi connectivity index (χ1v) is 9.34. The third kappa shape index (κ3) is 3.88. The number of aromatic nitrogens is 5. The molecule has 3 N–H and O–H groups in total. The number of ether oxygens (including phenoxy) is 1. The molecule has 0 atom stereocenters. The van der Waals surface area contributed by atoms with Crippen LogP contribution < -0.4 is 15.8 Å². The predicted molar refractivity (Wildman–Crippen MR) is 107 cm³/mol. The molecule has 9 heteroatoms. The second kappa shape index (κ2) is 6.93. The summed E-state index contributed by atoms with van der Waals surface area (Å²) in [7, 11) is 0. The number of hydrogen-bond acceptors (Lipinski definition) is 6. The highest BCUT2D eigenvalue weighted by atomic mass is 16.5. The monoisotopic (exact) mass is 389 g/mol. The third-order valence-electron chi connectivity index (χ3n) is 4.59. The molecule has 1 aliphatic carbocycles. The Morgan fingerprint density at radius 3 is 2.83 bits per heavy atom. The van der Waals surface area contributed by atoms with Gasteiger partial charge in [-0.2, -0.15) is 10.1 Å². The quantitative estimate of drug-likeness (QED) is 0.523. The summed E-state index contributed by atoms with van der Waals surface area (Å²) in [5.41, 5.74) is 8.80. The molecule has 1 aromatic carbocycles. The minimum atomic E-state index is -0.156. The van der Waals surface area contributed by atoms with E-state index in [0.717, 1.165) is 35.4 Å². The fourth-order valence-corrected chi connectivity index (χ4v) is 3.02. The van der Waals surface area contributed by atoms with Crippen LogP contribution in [0.4, 0.5) is 11.6 Å². The molecule has 1 aliphatic rings. The van der Waals surface area contributed by atoms with Gasteiger partial charge in [0.25, 0.3) is 0 Å². The molecule has 4 aromatic rings. The Labute approximate surface area is 166 Å². The molecular weight excluding hydrogens is 370 g/mol. The van der Waals surface area contributed by atoms with Crippen molar-refractivity contribution in [1.82, 2.24) is 24.4 Å². The molecule has 0 aliphatic heterocycles. The van der Waals surface area contributed by atoms with Crippen molar-refractivity contribution in [2.24, 2.45) is 0 Å². The van der Waals surface area contributed by atoms with E-state index >= 15 is 0 Å². The van der Waals surface area contributed by atoms with Gasteiger partial charge in [0.15, 0.2) is 5.65 Å². The zero-order valence-electron chi connectivity index (χ0n) is 15.5. The van der Waals surface area contributed by atoms with Gasteiger partial charge in [-0.3, -0.25) is 9.48 Å². The normalized spacial score (nSPS) is 13.5. The summed E-state index contributed by atoms with van der Waals surface area (Å²) in [5.74, 6) is 0.895. The molecule has 29 heavy (non-hydrogen) atoms. The number of anilines is 2. The van der Waals surface area contributed by atoms with E-state index < -0.39 is 0 Å². The second-order valence-electron chi connectivity index (χ2n) is 7.00. The van der Waals surface area contributed by atoms with Gasteiger partial charge < -0.3 is 15.8 Å². The molecule has 9 nitrogen and oxygen atoms in total. The minimum Gasteiger partial charge on any atom is -0.490 e. The number of nitrogens with one attached hydrogen (secondary N) is 1. The topological polar surface area (TPSA) is 112 Å². The lowest BCUT2D eigenvalue weighted by Crippen LogP contribution is -2.18. The minimum absolute atomic E-state index is 0.112. The molecular formula is C20H19N7O2. The van der Waals surface area contributed by atoms with Crippen molar-refractivity contribution in [3.05, 3.63) is 55.0 Å².